The van der Waals surface area contributed by atoms with Gasteiger partial charge in [-0.15, -0.1) is 0 Å². The summed E-state index contributed by atoms with van der Waals surface area (Å²) in [5, 5.41) is 5.24. The lowest BCUT2D eigenvalue weighted by molar-refractivity contribution is -0.137. The molecule has 2 N–H and O–H groups in total. The first-order valence-electron chi connectivity index (χ1n) is 7.26. The molecule has 0 radical (unpaired) electrons. The fraction of sp³-hybridized carbons (Fsp3) is 0.294. The fourth-order valence-corrected chi connectivity index (χ4v) is 2.67. The van der Waals surface area contributed by atoms with Gasteiger partial charge in [0.05, 0.1) is 5.56 Å². The van der Waals surface area contributed by atoms with Crippen LogP contribution >= 0.6 is 0 Å². The standard InChI is InChI=1S/C17H17F3N2O2/c1-11(23)21-16(22-12(2)24)9-7-13(8-10-16)14-5-3-4-6-15(14)17(18,19)20/h3-9H,10H2,1-2H3,(H,21,23)(H,22,24). The zero-order valence-electron chi connectivity index (χ0n) is 13.2. The lowest BCUT2D eigenvalue weighted by atomic mass is 9.90. The van der Waals surface area contributed by atoms with Gasteiger partial charge in [-0.2, -0.15) is 13.2 Å². The molecule has 1 aromatic carbocycles. The van der Waals surface area contributed by atoms with Crippen LogP contribution in [0.2, 0.25) is 0 Å². The smallest absolute Gasteiger partial charge is 0.330 e. The molecule has 24 heavy (non-hydrogen) atoms. The van der Waals surface area contributed by atoms with Gasteiger partial charge in [0, 0.05) is 20.3 Å². The van der Waals surface area contributed by atoms with Crippen molar-refractivity contribution in [3.63, 3.8) is 0 Å². The van der Waals surface area contributed by atoms with E-state index in [4.69, 9.17) is 0 Å². The number of amides is 2. The third kappa shape index (κ3) is 4.04. The number of hydrogen-bond donors (Lipinski definition) is 2. The fourth-order valence-electron chi connectivity index (χ4n) is 2.67. The Morgan fingerprint density at radius 2 is 1.67 bits per heavy atom. The predicted octanol–water partition coefficient (Wildman–Crippen LogP) is 3.02. The van der Waals surface area contributed by atoms with Crippen LogP contribution in [0.25, 0.3) is 5.57 Å². The summed E-state index contributed by atoms with van der Waals surface area (Å²) in [7, 11) is 0. The quantitative estimate of drug-likeness (QED) is 0.833. The molecule has 0 heterocycles. The van der Waals surface area contributed by atoms with E-state index in [0.717, 1.165) is 6.07 Å². The van der Waals surface area contributed by atoms with Crippen LogP contribution in [0.3, 0.4) is 0 Å². The monoisotopic (exact) mass is 338 g/mol. The number of hydrogen-bond acceptors (Lipinski definition) is 2. The van der Waals surface area contributed by atoms with Crippen LogP contribution in [-0.4, -0.2) is 17.5 Å². The molecule has 0 fully saturated rings. The molecular weight excluding hydrogens is 321 g/mol. The molecule has 1 aliphatic carbocycles. The minimum absolute atomic E-state index is 0.0560. The summed E-state index contributed by atoms with van der Waals surface area (Å²) in [5.41, 5.74) is -1.42. The highest BCUT2D eigenvalue weighted by Crippen LogP contribution is 2.36. The van der Waals surface area contributed by atoms with Gasteiger partial charge in [0.1, 0.15) is 5.66 Å². The summed E-state index contributed by atoms with van der Waals surface area (Å²) in [6, 6.07) is 5.28. The largest absolute Gasteiger partial charge is 0.417 e. The Morgan fingerprint density at radius 3 is 2.12 bits per heavy atom. The molecule has 128 valence electrons. The van der Waals surface area contributed by atoms with Crippen LogP contribution in [-0.2, 0) is 15.8 Å². The molecule has 2 rings (SSSR count). The van der Waals surface area contributed by atoms with Crippen molar-refractivity contribution in [2.24, 2.45) is 0 Å². The van der Waals surface area contributed by atoms with Gasteiger partial charge in [0.2, 0.25) is 11.8 Å². The van der Waals surface area contributed by atoms with Crippen molar-refractivity contribution < 1.29 is 22.8 Å². The third-order valence-corrected chi connectivity index (χ3v) is 3.53. The molecule has 0 atom stereocenters. The third-order valence-electron chi connectivity index (χ3n) is 3.53. The Morgan fingerprint density at radius 1 is 1.08 bits per heavy atom. The summed E-state index contributed by atoms with van der Waals surface area (Å²) < 4.78 is 39.4. The summed E-state index contributed by atoms with van der Waals surface area (Å²) in [5.74, 6) is -0.720. The summed E-state index contributed by atoms with van der Waals surface area (Å²) in [6.07, 6.45) is 0.216. The Kier molecular flexibility index (Phi) is 4.82. The number of nitrogens with one attached hydrogen (secondary N) is 2. The van der Waals surface area contributed by atoms with Crippen LogP contribution < -0.4 is 10.6 Å². The first kappa shape index (κ1) is 17.8. The maximum Gasteiger partial charge on any atom is 0.417 e. The molecule has 0 spiro atoms. The van der Waals surface area contributed by atoms with Gasteiger partial charge in [-0.05, 0) is 23.3 Å². The summed E-state index contributed by atoms with van der Waals surface area (Å²) in [4.78, 5) is 22.7. The zero-order chi connectivity index (χ0) is 18.0. The highest BCUT2D eigenvalue weighted by molar-refractivity contribution is 5.82. The summed E-state index contributed by atoms with van der Waals surface area (Å²) in [6.45, 7) is 2.60. The van der Waals surface area contributed by atoms with Crippen LogP contribution in [0.4, 0.5) is 13.2 Å². The van der Waals surface area contributed by atoms with Crippen LogP contribution in [0.15, 0.2) is 42.5 Å². The number of alkyl halides is 3. The highest BCUT2D eigenvalue weighted by Gasteiger charge is 2.35. The van der Waals surface area contributed by atoms with Crippen molar-refractivity contribution in [1.82, 2.24) is 10.6 Å². The lowest BCUT2D eigenvalue weighted by Gasteiger charge is -2.33. The van der Waals surface area contributed by atoms with E-state index in [1.54, 1.807) is 6.08 Å². The SMILES string of the molecule is CC(=O)NC1(NC(C)=O)C=CC(c2ccccc2C(F)(F)F)=CC1. The second kappa shape index (κ2) is 6.51. The van der Waals surface area contributed by atoms with Crippen LogP contribution in [0, 0.1) is 0 Å². The van der Waals surface area contributed by atoms with E-state index in [1.165, 1.54) is 44.2 Å². The topological polar surface area (TPSA) is 58.2 Å². The zero-order valence-corrected chi connectivity index (χ0v) is 13.2. The molecular formula is C17H17F3N2O2. The van der Waals surface area contributed by atoms with Gasteiger partial charge in [0.15, 0.2) is 0 Å². The van der Waals surface area contributed by atoms with Gasteiger partial charge in [-0.3, -0.25) is 9.59 Å². The Hall–Kier alpha value is -2.57. The van der Waals surface area contributed by atoms with Gasteiger partial charge >= 0.3 is 6.18 Å². The van der Waals surface area contributed by atoms with Gasteiger partial charge in [-0.1, -0.05) is 30.4 Å². The molecule has 0 saturated carbocycles. The lowest BCUT2D eigenvalue weighted by Crippen LogP contribution is -2.58. The predicted molar refractivity (Wildman–Crippen MR) is 83.5 cm³/mol. The molecule has 0 unspecified atom stereocenters. The second-order valence-corrected chi connectivity index (χ2v) is 5.57. The minimum atomic E-state index is -4.46. The number of halogens is 3. The van der Waals surface area contributed by atoms with Crippen molar-refractivity contribution in [1.29, 1.82) is 0 Å². The first-order valence-corrected chi connectivity index (χ1v) is 7.26. The van der Waals surface area contributed by atoms with Gasteiger partial charge in [-0.25, -0.2) is 0 Å². The number of rotatable bonds is 3. The number of carbonyl (C=O) groups excluding carboxylic acids is 2. The number of benzene rings is 1. The van der Waals surface area contributed by atoms with Crippen molar-refractivity contribution in [3.05, 3.63) is 53.6 Å². The molecule has 7 heteroatoms. The van der Waals surface area contributed by atoms with Crippen LogP contribution in [0.1, 0.15) is 31.4 Å². The van der Waals surface area contributed by atoms with Crippen molar-refractivity contribution in [2.45, 2.75) is 32.1 Å². The van der Waals surface area contributed by atoms with E-state index in [0.29, 0.717) is 5.57 Å². The van der Waals surface area contributed by atoms with E-state index in [-0.39, 0.29) is 23.8 Å². The van der Waals surface area contributed by atoms with E-state index in [2.05, 4.69) is 10.6 Å². The van der Waals surface area contributed by atoms with Gasteiger partial charge in [0.25, 0.3) is 0 Å². The molecule has 0 bridgehead atoms. The molecule has 1 aromatic rings. The van der Waals surface area contributed by atoms with E-state index in [1.807, 2.05) is 0 Å². The Balaban J connectivity index is 2.36. The first-order chi connectivity index (χ1) is 11.1. The van der Waals surface area contributed by atoms with Gasteiger partial charge < -0.3 is 10.6 Å². The van der Waals surface area contributed by atoms with E-state index < -0.39 is 17.4 Å². The maximum absolute atomic E-state index is 13.1. The van der Waals surface area contributed by atoms with Crippen molar-refractivity contribution in [3.8, 4) is 0 Å². The molecule has 0 aromatic heterocycles. The molecule has 4 nitrogen and oxygen atoms in total. The average molecular weight is 338 g/mol. The maximum atomic E-state index is 13.1. The molecule has 0 saturated heterocycles. The Labute approximate surface area is 137 Å². The minimum Gasteiger partial charge on any atom is -0.330 e. The Bertz CT molecular complexity index is 705. The van der Waals surface area contributed by atoms with Crippen molar-refractivity contribution >= 4 is 17.4 Å². The number of carbonyl (C=O) groups is 2. The average Bonchev–Trinajstić information content (AvgIpc) is 2.45. The van der Waals surface area contributed by atoms with E-state index >= 15 is 0 Å². The highest BCUT2D eigenvalue weighted by atomic mass is 19.4. The molecule has 0 aliphatic heterocycles. The second-order valence-electron chi connectivity index (χ2n) is 5.57. The molecule has 2 amide bonds. The van der Waals surface area contributed by atoms with E-state index in [9.17, 15) is 22.8 Å². The summed E-state index contributed by atoms with van der Waals surface area (Å²) >= 11 is 0. The van der Waals surface area contributed by atoms with Crippen molar-refractivity contribution in [2.75, 3.05) is 0 Å². The number of allylic oxidation sites excluding steroid dienone is 2. The van der Waals surface area contributed by atoms with Crippen LogP contribution in [0.5, 0.6) is 0 Å². The molecule has 1 aliphatic rings. The normalized spacial score (nSPS) is 16.3.